The minimum absolute atomic E-state index is 0.340. The largest absolute Gasteiger partial charge is 0.493 e. The van der Waals surface area contributed by atoms with Crippen LogP contribution in [0.1, 0.15) is 10.4 Å². The minimum atomic E-state index is -0.364. The molecule has 0 bridgehead atoms. The summed E-state index contributed by atoms with van der Waals surface area (Å²) in [5.74, 6) is 1.83. The molecule has 1 aromatic carbocycles. The molecule has 2 N–H and O–H groups in total. The molecule has 1 amide bonds. The predicted octanol–water partition coefficient (Wildman–Crippen LogP) is 1.73. The van der Waals surface area contributed by atoms with Gasteiger partial charge in [-0.2, -0.15) is 0 Å². The van der Waals surface area contributed by atoms with Gasteiger partial charge in [0.15, 0.2) is 17.3 Å². The first kappa shape index (κ1) is 20.2. The highest BCUT2D eigenvalue weighted by molar-refractivity contribution is 6.04. The number of anilines is 2. The van der Waals surface area contributed by atoms with Crippen molar-refractivity contribution in [1.82, 2.24) is 15.1 Å². The fraction of sp³-hybridized carbons (Fsp3) is 0.389. The van der Waals surface area contributed by atoms with Crippen LogP contribution in [0, 0.1) is 0 Å². The lowest BCUT2D eigenvalue weighted by atomic mass is 10.1. The van der Waals surface area contributed by atoms with Crippen molar-refractivity contribution in [3.05, 3.63) is 29.8 Å². The second-order valence-electron chi connectivity index (χ2n) is 5.90. The van der Waals surface area contributed by atoms with Crippen LogP contribution in [0.5, 0.6) is 17.2 Å². The van der Waals surface area contributed by atoms with E-state index >= 15 is 0 Å². The minimum Gasteiger partial charge on any atom is -0.493 e. The molecule has 0 aliphatic heterocycles. The van der Waals surface area contributed by atoms with Crippen molar-refractivity contribution in [2.75, 3.05) is 59.1 Å². The Morgan fingerprint density at radius 2 is 1.59 bits per heavy atom. The fourth-order valence-corrected chi connectivity index (χ4v) is 2.30. The Hall–Kier alpha value is -3.07. The number of methoxy groups -OCH3 is 3. The van der Waals surface area contributed by atoms with Gasteiger partial charge in [0.05, 0.1) is 21.3 Å². The van der Waals surface area contributed by atoms with Crippen LogP contribution >= 0.6 is 0 Å². The van der Waals surface area contributed by atoms with Gasteiger partial charge in [0.1, 0.15) is 5.82 Å². The van der Waals surface area contributed by atoms with Crippen molar-refractivity contribution in [3.63, 3.8) is 0 Å². The molecule has 0 aliphatic carbocycles. The second-order valence-corrected chi connectivity index (χ2v) is 5.90. The van der Waals surface area contributed by atoms with Gasteiger partial charge in [-0.25, -0.2) is 0 Å². The van der Waals surface area contributed by atoms with Crippen molar-refractivity contribution in [3.8, 4) is 17.2 Å². The Morgan fingerprint density at radius 1 is 1.00 bits per heavy atom. The number of likely N-dealkylation sites (N-methyl/N-ethyl adjacent to an activating group) is 1. The van der Waals surface area contributed by atoms with Gasteiger partial charge >= 0.3 is 0 Å². The van der Waals surface area contributed by atoms with Crippen LogP contribution in [0.2, 0.25) is 0 Å². The number of carbonyl (C=O) groups is 1. The van der Waals surface area contributed by atoms with Crippen LogP contribution in [0.15, 0.2) is 24.3 Å². The van der Waals surface area contributed by atoms with E-state index in [0.29, 0.717) is 34.4 Å². The molecule has 9 heteroatoms. The lowest BCUT2D eigenvalue weighted by Gasteiger charge is -2.14. The number of amides is 1. The molecule has 0 atom stereocenters. The maximum Gasteiger partial charge on any atom is 0.257 e. The quantitative estimate of drug-likeness (QED) is 0.684. The topological polar surface area (TPSA) is 97.8 Å². The molecule has 1 aromatic heterocycles. The Bertz CT molecular complexity index is 740. The number of rotatable bonds is 9. The van der Waals surface area contributed by atoms with E-state index in [4.69, 9.17) is 14.2 Å². The standard InChI is InChI=1S/C18H25N5O4/c1-23(2)9-8-19-15-6-7-16(22-21-15)20-18(24)12-10-13(25-3)17(27-5)14(11-12)26-4/h6-7,10-11H,8-9H2,1-5H3,(H,19,21)(H,20,22,24). The lowest BCUT2D eigenvalue weighted by Crippen LogP contribution is -2.21. The summed E-state index contributed by atoms with van der Waals surface area (Å²) < 4.78 is 15.8. The van der Waals surface area contributed by atoms with Gasteiger partial charge < -0.3 is 29.7 Å². The number of nitrogens with zero attached hydrogens (tertiary/aromatic N) is 3. The van der Waals surface area contributed by atoms with Gasteiger partial charge in [0.25, 0.3) is 5.91 Å². The van der Waals surface area contributed by atoms with Crippen molar-refractivity contribution < 1.29 is 19.0 Å². The number of carbonyl (C=O) groups excluding carboxylic acids is 1. The highest BCUT2D eigenvalue weighted by atomic mass is 16.5. The van der Waals surface area contributed by atoms with E-state index in [1.54, 1.807) is 24.3 Å². The van der Waals surface area contributed by atoms with Crippen LogP contribution < -0.4 is 24.8 Å². The third-order valence-corrected chi connectivity index (χ3v) is 3.70. The average molecular weight is 375 g/mol. The van der Waals surface area contributed by atoms with E-state index in [1.165, 1.54) is 21.3 Å². The summed E-state index contributed by atoms with van der Waals surface area (Å²) >= 11 is 0. The van der Waals surface area contributed by atoms with E-state index in [-0.39, 0.29) is 5.91 Å². The van der Waals surface area contributed by atoms with Crippen LogP contribution in [0.25, 0.3) is 0 Å². The monoisotopic (exact) mass is 375 g/mol. The van der Waals surface area contributed by atoms with Crippen molar-refractivity contribution in [1.29, 1.82) is 0 Å². The molecule has 0 saturated carbocycles. The number of aromatic nitrogens is 2. The Labute approximate surface area is 158 Å². The van der Waals surface area contributed by atoms with Crippen LogP contribution in [-0.2, 0) is 0 Å². The fourth-order valence-electron chi connectivity index (χ4n) is 2.30. The summed E-state index contributed by atoms with van der Waals surface area (Å²) in [5, 5.41) is 13.9. The zero-order valence-electron chi connectivity index (χ0n) is 16.2. The summed E-state index contributed by atoms with van der Waals surface area (Å²) in [6, 6.07) is 6.58. The Balaban J connectivity index is 2.08. The molecule has 0 aliphatic rings. The van der Waals surface area contributed by atoms with Gasteiger partial charge in [0.2, 0.25) is 5.75 Å². The first-order chi connectivity index (χ1) is 13.0. The third-order valence-electron chi connectivity index (χ3n) is 3.70. The Morgan fingerprint density at radius 3 is 2.07 bits per heavy atom. The third kappa shape index (κ3) is 5.45. The molecular weight excluding hydrogens is 350 g/mol. The molecule has 9 nitrogen and oxygen atoms in total. The summed E-state index contributed by atoms with van der Waals surface area (Å²) in [4.78, 5) is 14.6. The molecule has 0 spiro atoms. The SMILES string of the molecule is COc1cc(C(=O)Nc2ccc(NCCN(C)C)nn2)cc(OC)c1OC. The highest BCUT2D eigenvalue weighted by Crippen LogP contribution is 2.38. The van der Waals surface area contributed by atoms with E-state index in [0.717, 1.165) is 13.1 Å². The smallest absolute Gasteiger partial charge is 0.257 e. The van der Waals surface area contributed by atoms with E-state index in [1.807, 2.05) is 14.1 Å². The first-order valence-corrected chi connectivity index (χ1v) is 8.32. The average Bonchev–Trinajstić information content (AvgIpc) is 2.67. The summed E-state index contributed by atoms with van der Waals surface area (Å²) in [7, 11) is 8.48. The van der Waals surface area contributed by atoms with Gasteiger partial charge in [-0.1, -0.05) is 0 Å². The Kier molecular flexibility index (Phi) is 7.18. The van der Waals surface area contributed by atoms with Crippen LogP contribution in [0.3, 0.4) is 0 Å². The maximum absolute atomic E-state index is 12.5. The van der Waals surface area contributed by atoms with Gasteiger partial charge in [-0.15, -0.1) is 10.2 Å². The van der Waals surface area contributed by atoms with Crippen molar-refractivity contribution in [2.45, 2.75) is 0 Å². The molecule has 1 heterocycles. The predicted molar refractivity (Wildman–Crippen MR) is 103 cm³/mol. The maximum atomic E-state index is 12.5. The number of hydrogen-bond donors (Lipinski definition) is 2. The normalized spacial score (nSPS) is 10.4. The van der Waals surface area contributed by atoms with Gasteiger partial charge in [-0.05, 0) is 38.4 Å². The second kappa shape index (κ2) is 9.58. The molecule has 0 fully saturated rings. The molecule has 0 unspecified atom stereocenters. The van der Waals surface area contributed by atoms with E-state index < -0.39 is 0 Å². The number of ether oxygens (including phenoxy) is 3. The van der Waals surface area contributed by atoms with Crippen molar-refractivity contribution >= 4 is 17.5 Å². The van der Waals surface area contributed by atoms with Gasteiger partial charge in [0, 0.05) is 18.7 Å². The number of nitrogens with one attached hydrogen (secondary N) is 2. The molecular formula is C18H25N5O4. The van der Waals surface area contributed by atoms with Gasteiger partial charge in [-0.3, -0.25) is 4.79 Å². The molecule has 0 radical (unpaired) electrons. The zero-order chi connectivity index (χ0) is 19.8. The highest BCUT2D eigenvalue weighted by Gasteiger charge is 2.17. The van der Waals surface area contributed by atoms with E-state index in [2.05, 4.69) is 25.7 Å². The molecule has 146 valence electrons. The summed E-state index contributed by atoms with van der Waals surface area (Å²) in [6.07, 6.45) is 0. The van der Waals surface area contributed by atoms with Crippen LogP contribution in [-0.4, -0.2) is 69.5 Å². The molecule has 27 heavy (non-hydrogen) atoms. The molecule has 2 rings (SSSR count). The molecule has 2 aromatic rings. The van der Waals surface area contributed by atoms with E-state index in [9.17, 15) is 4.79 Å². The van der Waals surface area contributed by atoms with Crippen molar-refractivity contribution in [2.24, 2.45) is 0 Å². The molecule has 0 saturated heterocycles. The van der Waals surface area contributed by atoms with Crippen LogP contribution in [0.4, 0.5) is 11.6 Å². The summed E-state index contributed by atoms with van der Waals surface area (Å²) in [5.41, 5.74) is 0.347. The first-order valence-electron chi connectivity index (χ1n) is 8.32. The zero-order valence-corrected chi connectivity index (χ0v) is 16.2. The number of benzene rings is 1. The summed E-state index contributed by atoms with van der Waals surface area (Å²) in [6.45, 7) is 1.63. The number of hydrogen-bond acceptors (Lipinski definition) is 8. The lowest BCUT2D eigenvalue weighted by molar-refractivity contribution is 0.102.